The largest absolute Gasteiger partial charge is 0.496 e. The topological polar surface area (TPSA) is 52.6 Å². The molecule has 2 aliphatic rings. The zero-order valence-corrected chi connectivity index (χ0v) is 15.8. The van der Waals surface area contributed by atoms with Crippen LogP contribution in [0.15, 0.2) is 18.2 Å². The van der Waals surface area contributed by atoms with Gasteiger partial charge in [-0.1, -0.05) is 26.8 Å². The summed E-state index contributed by atoms with van der Waals surface area (Å²) in [4.78, 5) is 24.0. The predicted octanol–water partition coefficient (Wildman–Crippen LogP) is 4.20. The van der Waals surface area contributed by atoms with Crippen LogP contribution in [0.5, 0.6) is 5.75 Å². The number of fused-ring (bicyclic) bond motifs is 2. The zero-order valence-electron chi connectivity index (χ0n) is 15.8. The molecule has 3 rings (SSSR count). The van der Waals surface area contributed by atoms with E-state index in [4.69, 9.17) is 9.47 Å². The molecule has 136 valence electrons. The molecule has 0 spiro atoms. The van der Waals surface area contributed by atoms with Crippen LogP contribution in [-0.4, -0.2) is 25.0 Å². The number of Topliss-reactive ketones (excluding diaryl/α,β-unsaturated/α-hetero) is 1. The average molecular weight is 344 g/mol. The van der Waals surface area contributed by atoms with Gasteiger partial charge in [-0.05, 0) is 49.7 Å². The third-order valence-electron chi connectivity index (χ3n) is 6.93. The molecule has 1 aromatic rings. The highest BCUT2D eigenvalue weighted by atomic mass is 16.5. The number of benzene rings is 1. The Hall–Kier alpha value is -1.84. The van der Waals surface area contributed by atoms with Gasteiger partial charge in [0.15, 0.2) is 0 Å². The van der Waals surface area contributed by atoms with Crippen LogP contribution in [0.4, 0.5) is 0 Å². The second-order valence-corrected chi connectivity index (χ2v) is 8.41. The number of methoxy groups -OCH3 is 1. The Morgan fingerprint density at radius 1 is 1.24 bits per heavy atom. The molecule has 0 heterocycles. The Morgan fingerprint density at radius 2 is 1.96 bits per heavy atom. The molecule has 0 aliphatic heterocycles. The molecule has 4 nitrogen and oxygen atoms in total. The van der Waals surface area contributed by atoms with Gasteiger partial charge in [0.1, 0.15) is 17.6 Å². The summed E-state index contributed by atoms with van der Waals surface area (Å²) >= 11 is 0. The Bertz CT molecular complexity index is 706. The number of ketones is 1. The Balaban J connectivity index is 1.77. The molecule has 25 heavy (non-hydrogen) atoms. The van der Waals surface area contributed by atoms with E-state index in [0.29, 0.717) is 23.7 Å². The number of hydrogen-bond acceptors (Lipinski definition) is 4. The minimum absolute atomic E-state index is 0.0309. The van der Waals surface area contributed by atoms with Gasteiger partial charge >= 0.3 is 5.97 Å². The fourth-order valence-corrected chi connectivity index (χ4v) is 4.79. The molecule has 3 atom stereocenters. The van der Waals surface area contributed by atoms with Crippen molar-refractivity contribution in [2.75, 3.05) is 7.11 Å². The van der Waals surface area contributed by atoms with Crippen molar-refractivity contribution in [1.82, 2.24) is 0 Å². The molecule has 2 fully saturated rings. The van der Waals surface area contributed by atoms with E-state index in [1.54, 1.807) is 32.2 Å². The smallest absolute Gasteiger partial charge is 0.338 e. The lowest BCUT2D eigenvalue weighted by molar-refractivity contribution is -0.116. The van der Waals surface area contributed by atoms with Gasteiger partial charge in [0, 0.05) is 17.4 Å². The number of carbonyl (C=O) groups excluding carboxylic acids is 2. The Kier molecular flexibility index (Phi) is 4.42. The van der Waals surface area contributed by atoms with Crippen molar-refractivity contribution in [2.24, 2.45) is 16.7 Å². The molecule has 2 aliphatic carbocycles. The third-order valence-corrected chi connectivity index (χ3v) is 6.93. The molecule has 0 aromatic heterocycles. The lowest BCUT2D eigenvalue weighted by Crippen LogP contribution is -2.38. The van der Waals surface area contributed by atoms with E-state index >= 15 is 0 Å². The van der Waals surface area contributed by atoms with E-state index in [1.165, 1.54) is 6.42 Å². The molecule has 2 bridgehead atoms. The summed E-state index contributed by atoms with van der Waals surface area (Å²) in [7, 11) is 1.55. The summed E-state index contributed by atoms with van der Waals surface area (Å²) in [5.74, 6) is 0.944. The number of hydrogen-bond donors (Lipinski definition) is 0. The third kappa shape index (κ3) is 2.86. The van der Waals surface area contributed by atoms with Crippen LogP contribution >= 0.6 is 0 Å². The van der Waals surface area contributed by atoms with Gasteiger partial charge in [0.05, 0.1) is 12.7 Å². The minimum Gasteiger partial charge on any atom is -0.496 e. The van der Waals surface area contributed by atoms with Crippen LogP contribution in [0, 0.1) is 16.7 Å². The molecule has 0 saturated heterocycles. The standard InChI is InChI=1S/C21H28O4/c1-13(22)10-14-6-7-15(11-17(14)24-5)19(23)25-18-12-16-8-9-21(18,4)20(16,2)3/h6-7,11,16,18H,8-10,12H2,1-5H3. The summed E-state index contributed by atoms with van der Waals surface area (Å²) in [5, 5.41) is 0. The first kappa shape index (κ1) is 18.0. The quantitative estimate of drug-likeness (QED) is 0.751. The maximum atomic E-state index is 12.7. The van der Waals surface area contributed by atoms with Gasteiger partial charge in [-0.3, -0.25) is 4.79 Å². The van der Waals surface area contributed by atoms with E-state index < -0.39 is 0 Å². The fraction of sp³-hybridized carbons (Fsp3) is 0.619. The first-order valence-corrected chi connectivity index (χ1v) is 9.06. The van der Waals surface area contributed by atoms with E-state index in [-0.39, 0.29) is 28.7 Å². The summed E-state index contributed by atoms with van der Waals surface area (Å²) in [6, 6.07) is 5.19. The SMILES string of the molecule is COc1cc(C(=O)OC2CC3CCC2(C)C3(C)C)ccc1CC(C)=O. The van der Waals surface area contributed by atoms with Crippen LogP contribution in [0.2, 0.25) is 0 Å². The number of esters is 1. The molecule has 0 amide bonds. The number of rotatable bonds is 5. The lowest BCUT2D eigenvalue weighted by atomic mass is 9.70. The monoisotopic (exact) mass is 344 g/mol. The molecule has 2 saturated carbocycles. The molecule has 4 heteroatoms. The van der Waals surface area contributed by atoms with Crippen molar-refractivity contribution >= 4 is 11.8 Å². The van der Waals surface area contributed by atoms with E-state index in [0.717, 1.165) is 18.4 Å². The van der Waals surface area contributed by atoms with E-state index in [1.807, 2.05) is 0 Å². The normalized spacial score (nSPS) is 29.5. The maximum Gasteiger partial charge on any atom is 0.338 e. The van der Waals surface area contributed by atoms with Gasteiger partial charge < -0.3 is 9.47 Å². The Morgan fingerprint density at radius 3 is 2.48 bits per heavy atom. The second kappa shape index (κ2) is 6.15. The van der Waals surface area contributed by atoms with Crippen molar-refractivity contribution in [3.8, 4) is 5.75 Å². The second-order valence-electron chi connectivity index (χ2n) is 8.41. The Labute approximate surface area is 149 Å². The van der Waals surface area contributed by atoms with Crippen LogP contribution in [0.1, 0.15) is 62.9 Å². The predicted molar refractivity (Wildman–Crippen MR) is 95.8 cm³/mol. The van der Waals surface area contributed by atoms with Crippen molar-refractivity contribution in [3.63, 3.8) is 0 Å². The van der Waals surface area contributed by atoms with Gasteiger partial charge in [0.25, 0.3) is 0 Å². The average Bonchev–Trinajstić information content (AvgIpc) is 2.88. The fourth-order valence-electron chi connectivity index (χ4n) is 4.79. The van der Waals surface area contributed by atoms with Crippen LogP contribution in [0.25, 0.3) is 0 Å². The van der Waals surface area contributed by atoms with Crippen molar-refractivity contribution in [3.05, 3.63) is 29.3 Å². The van der Waals surface area contributed by atoms with Crippen LogP contribution < -0.4 is 4.74 Å². The molecular weight excluding hydrogens is 316 g/mol. The summed E-state index contributed by atoms with van der Waals surface area (Å²) in [6.45, 7) is 8.41. The lowest BCUT2D eigenvalue weighted by Gasteiger charge is -2.38. The number of ether oxygens (including phenoxy) is 2. The minimum atomic E-state index is -0.303. The summed E-state index contributed by atoms with van der Waals surface area (Å²) in [5.41, 5.74) is 1.53. The first-order chi connectivity index (χ1) is 11.7. The van der Waals surface area contributed by atoms with Gasteiger partial charge in [-0.15, -0.1) is 0 Å². The number of carbonyl (C=O) groups is 2. The van der Waals surface area contributed by atoms with Gasteiger partial charge in [-0.2, -0.15) is 0 Å². The molecule has 3 unspecified atom stereocenters. The van der Waals surface area contributed by atoms with Crippen molar-refractivity contribution in [2.45, 2.75) is 59.5 Å². The highest BCUT2D eigenvalue weighted by Crippen LogP contribution is 2.66. The van der Waals surface area contributed by atoms with Gasteiger partial charge in [0.2, 0.25) is 0 Å². The summed E-state index contributed by atoms with van der Waals surface area (Å²) < 4.78 is 11.3. The maximum absolute atomic E-state index is 12.7. The van der Waals surface area contributed by atoms with Crippen molar-refractivity contribution in [1.29, 1.82) is 0 Å². The van der Waals surface area contributed by atoms with E-state index in [2.05, 4.69) is 20.8 Å². The molecule has 1 aromatic carbocycles. The van der Waals surface area contributed by atoms with Gasteiger partial charge in [-0.25, -0.2) is 4.79 Å². The van der Waals surface area contributed by atoms with Crippen molar-refractivity contribution < 1.29 is 19.1 Å². The first-order valence-electron chi connectivity index (χ1n) is 9.06. The molecular formula is C21H28O4. The van der Waals surface area contributed by atoms with Crippen LogP contribution in [-0.2, 0) is 16.0 Å². The highest BCUT2D eigenvalue weighted by molar-refractivity contribution is 5.90. The molecule has 0 radical (unpaired) electrons. The van der Waals surface area contributed by atoms with E-state index in [9.17, 15) is 9.59 Å². The van der Waals surface area contributed by atoms with Crippen LogP contribution in [0.3, 0.4) is 0 Å². The highest BCUT2D eigenvalue weighted by Gasteiger charge is 2.62. The molecule has 0 N–H and O–H groups in total. The zero-order chi connectivity index (χ0) is 18.4. The summed E-state index contributed by atoms with van der Waals surface area (Å²) in [6.07, 6.45) is 3.56.